The number of aromatic nitrogens is 3. The standard InChI is InChI=1S/C23H22N4O3S/c1-23(26-13-12-24-25-26)15-31-19-14-18(28)27(19)21(23)22(29)30-20(16-8-4-2-5-9-16)17-10-6-3-7-11-17/h2-13,19-21H,14-15H2,1H3/t19-,21?,23?/m0/s1. The Morgan fingerprint density at radius 1 is 1.13 bits per heavy atom. The van der Waals surface area contributed by atoms with E-state index < -0.39 is 23.7 Å². The second-order valence-electron chi connectivity index (χ2n) is 8.02. The summed E-state index contributed by atoms with van der Waals surface area (Å²) in [5.74, 6) is 0.154. The van der Waals surface area contributed by atoms with Crippen molar-refractivity contribution in [2.45, 2.75) is 36.4 Å². The lowest BCUT2D eigenvalue weighted by molar-refractivity contribution is -0.171. The fourth-order valence-electron chi connectivity index (χ4n) is 4.30. The number of esters is 1. The maximum Gasteiger partial charge on any atom is 0.332 e. The van der Waals surface area contributed by atoms with E-state index in [-0.39, 0.29) is 11.3 Å². The number of hydrogen-bond donors (Lipinski definition) is 0. The average molecular weight is 435 g/mol. The van der Waals surface area contributed by atoms with Crippen molar-refractivity contribution in [2.75, 3.05) is 5.75 Å². The Hall–Kier alpha value is -3.13. The van der Waals surface area contributed by atoms with E-state index in [1.807, 2.05) is 67.6 Å². The highest BCUT2D eigenvalue weighted by molar-refractivity contribution is 8.00. The Balaban J connectivity index is 1.52. The Bertz CT molecular complexity index is 1040. The van der Waals surface area contributed by atoms with Gasteiger partial charge in [-0.1, -0.05) is 65.9 Å². The van der Waals surface area contributed by atoms with Gasteiger partial charge >= 0.3 is 5.97 Å². The molecular weight excluding hydrogens is 412 g/mol. The van der Waals surface area contributed by atoms with E-state index in [0.29, 0.717) is 12.2 Å². The molecule has 2 aliphatic rings. The Morgan fingerprint density at radius 3 is 2.32 bits per heavy atom. The van der Waals surface area contributed by atoms with Gasteiger partial charge in [0.05, 0.1) is 18.0 Å². The summed E-state index contributed by atoms with van der Waals surface area (Å²) >= 11 is 1.66. The molecule has 3 atom stereocenters. The van der Waals surface area contributed by atoms with Crippen molar-refractivity contribution in [1.29, 1.82) is 0 Å². The summed E-state index contributed by atoms with van der Waals surface area (Å²) in [5, 5.41) is 8.07. The van der Waals surface area contributed by atoms with Crippen LogP contribution in [-0.4, -0.2) is 48.9 Å². The van der Waals surface area contributed by atoms with E-state index in [1.165, 1.54) is 0 Å². The second kappa shape index (κ2) is 7.85. The van der Waals surface area contributed by atoms with Gasteiger partial charge in [0, 0.05) is 11.9 Å². The van der Waals surface area contributed by atoms with Gasteiger partial charge in [0.15, 0.2) is 12.1 Å². The molecule has 2 saturated heterocycles. The highest BCUT2D eigenvalue weighted by atomic mass is 32.2. The van der Waals surface area contributed by atoms with E-state index in [9.17, 15) is 9.59 Å². The molecule has 2 aromatic carbocycles. The average Bonchev–Trinajstić information content (AvgIpc) is 3.35. The molecular formula is C23H22N4O3S. The third kappa shape index (κ3) is 3.40. The third-order valence-corrected chi connectivity index (χ3v) is 7.52. The SMILES string of the molecule is CC1(n2ccnn2)CS[C@H]2CC(=O)N2C1C(=O)OC(c1ccccc1)c1ccccc1. The molecule has 2 fully saturated rings. The number of thioether (sulfide) groups is 1. The van der Waals surface area contributed by atoms with Gasteiger partial charge in [-0.3, -0.25) is 4.79 Å². The fraction of sp³-hybridized carbons (Fsp3) is 0.304. The van der Waals surface area contributed by atoms with Crippen LogP contribution in [0, 0.1) is 0 Å². The maximum absolute atomic E-state index is 13.7. The van der Waals surface area contributed by atoms with Crippen LogP contribution in [0.15, 0.2) is 73.1 Å². The molecule has 2 unspecified atom stereocenters. The zero-order valence-corrected chi connectivity index (χ0v) is 17.8. The summed E-state index contributed by atoms with van der Waals surface area (Å²) in [7, 11) is 0. The lowest BCUT2D eigenvalue weighted by atomic mass is 9.89. The monoisotopic (exact) mass is 434 g/mol. The molecule has 2 aliphatic heterocycles. The summed E-state index contributed by atoms with van der Waals surface area (Å²) in [4.78, 5) is 27.9. The van der Waals surface area contributed by atoms with Gasteiger partial charge in [-0.2, -0.15) is 0 Å². The van der Waals surface area contributed by atoms with Crippen molar-refractivity contribution in [2.24, 2.45) is 0 Å². The molecule has 0 bridgehead atoms. The quantitative estimate of drug-likeness (QED) is 0.454. The first-order valence-electron chi connectivity index (χ1n) is 10.2. The van der Waals surface area contributed by atoms with E-state index in [1.54, 1.807) is 33.7 Å². The zero-order valence-electron chi connectivity index (χ0n) is 17.0. The topological polar surface area (TPSA) is 77.3 Å². The number of benzene rings is 2. The predicted octanol–water partition coefficient (Wildman–Crippen LogP) is 3.00. The van der Waals surface area contributed by atoms with Crippen LogP contribution in [0.1, 0.15) is 30.6 Å². The molecule has 1 aromatic heterocycles. The highest BCUT2D eigenvalue weighted by Crippen LogP contribution is 2.45. The van der Waals surface area contributed by atoms with Crippen LogP contribution in [0.2, 0.25) is 0 Å². The van der Waals surface area contributed by atoms with Crippen LogP contribution in [-0.2, 0) is 19.9 Å². The van der Waals surface area contributed by atoms with Crippen molar-refractivity contribution >= 4 is 23.6 Å². The first-order valence-corrected chi connectivity index (χ1v) is 11.2. The number of fused-ring (bicyclic) bond motifs is 1. The number of amides is 1. The minimum Gasteiger partial charge on any atom is -0.451 e. The Kier molecular flexibility index (Phi) is 5.02. The lowest BCUT2D eigenvalue weighted by Crippen LogP contribution is -2.70. The van der Waals surface area contributed by atoms with Gasteiger partial charge in [-0.15, -0.1) is 16.9 Å². The Morgan fingerprint density at radius 2 is 1.77 bits per heavy atom. The molecule has 8 heteroatoms. The number of carbonyl (C=O) groups is 2. The molecule has 0 radical (unpaired) electrons. The van der Waals surface area contributed by atoms with Crippen molar-refractivity contribution in [1.82, 2.24) is 19.9 Å². The summed E-state index contributed by atoms with van der Waals surface area (Å²) in [6, 6.07) is 18.5. The minimum absolute atomic E-state index is 0.00598. The normalized spacial score (nSPS) is 25.1. The third-order valence-electron chi connectivity index (χ3n) is 5.99. The molecule has 1 amide bonds. The summed E-state index contributed by atoms with van der Waals surface area (Å²) in [6.45, 7) is 1.93. The first-order chi connectivity index (χ1) is 15.1. The molecule has 0 N–H and O–H groups in total. The van der Waals surface area contributed by atoms with Crippen molar-refractivity contribution < 1.29 is 14.3 Å². The Labute approximate surface area is 184 Å². The molecule has 3 aromatic rings. The summed E-state index contributed by atoms with van der Waals surface area (Å²) in [5.41, 5.74) is 0.991. The van der Waals surface area contributed by atoms with Crippen molar-refractivity contribution in [3.63, 3.8) is 0 Å². The number of ether oxygens (including phenoxy) is 1. The molecule has 3 heterocycles. The lowest BCUT2D eigenvalue weighted by Gasteiger charge is -2.54. The van der Waals surface area contributed by atoms with Gasteiger partial charge in [-0.05, 0) is 18.1 Å². The van der Waals surface area contributed by atoms with Crippen LogP contribution in [0.3, 0.4) is 0 Å². The van der Waals surface area contributed by atoms with E-state index >= 15 is 0 Å². The van der Waals surface area contributed by atoms with Crippen LogP contribution < -0.4 is 0 Å². The molecule has 5 rings (SSSR count). The predicted molar refractivity (Wildman–Crippen MR) is 116 cm³/mol. The number of carbonyl (C=O) groups excluding carboxylic acids is 2. The number of rotatable bonds is 5. The van der Waals surface area contributed by atoms with Crippen LogP contribution in [0.4, 0.5) is 0 Å². The van der Waals surface area contributed by atoms with Gasteiger partial charge in [-0.25, -0.2) is 9.48 Å². The maximum atomic E-state index is 13.7. The van der Waals surface area contributed by atoms with Crippen molar-refractivity contribution in [3.8, 4) is 0 Å². The van der Waals surface area contributed by atoms with Gasteiger partial charge in [0.1, 0.15) is 5.54 Å². The highest BCUT2D eigenvalue weighted by Gasteiger charge is 2.58. The van der Waals surface area contributed by atoms with Crippen LogP contribution in [0.25, 0.3) is 0 Å². The van der Waals surface area contributed by atoms with Gasteiger partial charge in [0.2, 0.25) is 5.91 Å². The molecule has 0 spiro atoms. The molecule has 0 saturated carbocycles. The zero-order chi connectivity index (χ0) is 21.4. The number of nitrogens with zero attached hydrogens (tertiary/aromatic N) is 4. The van der Waals surface area contributed by atoms with Crippen LogP contribution >= 0.6 is 11.8 Å². The molecule has 0 aliphatic carbocycles. The summed E-state index contributed by atoms with van der Waals surface area (Å²) < 4.78 is 7.83. The molecule has 31 heavy (non-hydrogen) atoms. The number of hydrogen-bond acceptors (Lipinski definition) is 6. The second-order valence-corrected chi connectivity index (χ2v) is 9.18. The minimum atomic E-state index is -0.781. The van der Waals surface area contributed by atoms with Crippen molar-refractivity contribution in [3.05, 3.63) is 84.2 Å². The van der Waals surface area contributed by atoms with Crippen LogP contribution in [0.5, 0.6) is 0 Å². The van der Waals surface area contributed by atoms with Gasteiger partial charge < -0.3 is 9.64 Å². The smallest absolute Gasteiger partial charge is 0.332 e. The van der Waals surface area contributed by atoms with Gasteiger partial charge in [0.25, 0.3) is 0 Å². The van der Waals surface area contributed by atoms with E-state index in [4.69, 9.17) is 4.74 Å². The molecule has 158 valence electrons. The summed E-state index contributed by atoms with van der Waals surface area (Å²) in [6.07, 6.45) is 3.19. The first kappa shape index (κ1) is 19.8. The fourth-order valence-corrected chi connectivity index (χ4v) is 5.78. The van der Waals surface area contributed by atoms with E-state index in [0.717, 1.165) is 11.1 Å². The largest absolute Gasteiger partial charge is 0.451 e. The molecule has 7 nitrogen and oxygen atoms in total. The van der Waals surface area contributed by atoms with E-state index in [2.05, 4.69) is 10.3 Å². The number of β-lactam (4-membered cyclic amide) rings is 1.